The number of hydrogen-bond donors (Lipinski definition) is 2. The maximum absolute atomic E-state index is 11.3. The van der Waals surface area contributed by atoms with Crippen molar-refractivity contribution in [2.45, 2.75) is 13.0 Å². The molecule has 3 N–H and O–H groups in total. The Labute approximate surface area is 104 Å². The van der Waals surface area contributed by atoms with E-state index in [0.29, 0.717) is 5.69 Å². The molecule has 1 amide bonds. The van der Waals surface area contributed by atoms with E-state index in [9.17, 15) is 9.59 Å². The molecule has 5 nitrogen and oxygen atoms in total. The van der Waals surface area contributed by atoms with Crippen molar-refractivity contribution in [1.82, 2.24) is 0 Å². The molecule has 0 saturated carbocycles. The van der Waals surface area contributed by atoms with Gasteiger partial charge in [-0.25, -0.2) is 4.79 Å². The Morgan fingerprint density at radius 1 is 1.47 bits per heavy atom. The van der Waals surface area contributed by atoms with Crippen molar-refractivity contribution in [2.75, 3.05) is 12.4 Å². The third kappa shape index (κ3) is 3.44. The Balaban J connectivity index is 2.89. The average Bonchev–Trinajstić information content (AvgIpc) is 2.28. The lowest BCUT2D eigenvalue weighted by atomic mass is 10.2. The number of rotatable bonds is 3. The zero-order chi connectivity index (χ0) is 13.0. The van der Waals surface area contributed by atoms with Crippen molar-refractivity contribution in [1.29, 1.82) is 0 Å². The lowest BCUT2D eigenvalue weighted by molar-refractivity contribution is -0.117. The number of anilines is 1. The number of benzene rings is 1. The maximum atomic E-state index is 11.3. The molecular formula is C11H13ClN2O3. The molecule has 1 aromatic carbocycles. The molecule has 0 saturated heterocycles. The number of ether oxygens (including phenoxy) is 1. The van der Waals surface area contributed by atoms with Crippen LogP contribution in [0.2, 0.25) is 5.02 Å². The van der Waals surface area contributed by atoms with Gasteiger partial charge in [0.05, 0.1) is 23.7 Å². The summed E-state index contributed by atoms with van der Waals surface area (Å²) >= 11 is 5.88. The van der Waals surface area contributed by atoms with Gasteiger partial charge in [-0.2, -0.15) is 0 Å². The summed E-state index contributed by atoms with van der Waals surface area (Å²) in [6, 6.07) is 3.88. The van der Waals surface area contributed by atoms with Crippen LogP contribution in [0.5, 0.6) is 0 Å². The minimum atomic E-state index is -0.617. The van der Waals surface area contributed by atoms with Gasteiger partial charge in [-0.3, -0.25) is 4.79 Å². The van der Waals surface area contributed by atoms with E-state index >= 15 is 0 Å². The number of hydrogen-bond acceptors (Lipinski definition) is 4. The molecule has 1 atom stereocenters. The van der Waals surface area contributed by atoms with Crippen LogP contribution in [0.1, 0.15) is 17.3 Å². The van der Waals surface area contributed by atoms with Gasteiger partial charge in [-0.05, 0) is 25.1 Å². The number of carbonyl (C=O) groups is 2. The predicted octanol–water partition coefficient (Wildman–Crippen LogP) is 1.41. The number of amides is 1. The Kier molecular flexibility index (Phi) is 4.48. The highest BCUT2D eigenvalue weighted by Gasteiger charge is 2.12. The highest BCUT2D eigenvalue weighted by Crippen LogP contribution is 2.21. The lowest BCUT2D eigenvalue weighted by Crippen LogP contribution is -2.32. The minimum absolute atomic E-state index is 0.208. The molecular weight excluding hydrogens is 244 g/mol. The van der Waals surface area contributed by atoms with E-state index in [4.69, 9.17) is 17.3 Å². The van der Waals surface area contributed by atoms with E-state index in [2.05, 4.69) is 10.1 Å². The number of esters is 1. The molecule has 6 heteroatoms. The third-order valence-electron chi connectivity index (χ3n) is 2.06. The molecule has 0 aromatic heterocycles. The van der Waals surface area contributed by atoms with E-state index in [1.54, 1.807) is 13.0 Å². The monoisotopic (exact) mass is 256 g/mol. The first-order valence-corrected chi connectivity index (χ1v) is 5.27. The first kappa shape index (κ1) is 13.5. The molecule has 1 rings (SSSR count). The number of halogens is 1. The fraction of sp³-hybridized carbons (Fsp3) is 0.273. The fourth-order valence-electron chi connectivity index (χ4n) is 1.12. The Morgan fingerprint density at radius 2 is 2.12 bits per heavy atom. The van der Waals surface area contributed by atoms with Crippen molar-refractivity contribution in [3.63, 3.8) is 0 Å². The molecule has 0 bridgehead atoms. The SMILES string of the molecule is COC(=O)c1ccc(NC(=O)[C@H](C)N)cc1Cl. The topological polar surface area (TPSA) is 81.4 Å². The quantitative estimate of drug-likeness (QED) is 0.802. The van der Waals surface area contributed by atoms with Crippen LogP contribution in [-0.2, 0) is 9.53 Å². The van der Waals surface area contributed by atoms with Gasteiger partial charge in [0.15, 0.2) is 0 Å². The minimum Gasteiger partial charge on any atom is -0.465 e. The van der Waals surface area contributed by atoms with E-state index in [-0.39, 0.29) is 16.5 Å². The van der Waals surface area contributed by atoms with Gasteiger partial charge < -0.3 is 15.8 Å². The molecule has 0 radical (unpaired) electrons. The molecule has 1 aromatic rings. The van der Waals surface area contributed by atoms with Crippen LogP contribution in [0.15, 0.2) is 18.2 Å². The summed E-state index contributed by atoms with van der Waals surface area (Å²) in [5.41, 5.74) is 6.12. The maximum Gasteiger partial charge on any atom is 0.339 e. The van der Waals surface area contributed by atoms with Crippen molar-refractivity contribution >= 4 is 29.2 Å². The molecule has 0 unspecified atom stereocenters. The largest absolute Gasteiger partial charge is 0.465 e. The summed E-state index contributed by atoms with van der Waals surface area (Å²) in [7, 11) is 1.27. The highest BCUT2D eigenvalue weighted by atomic mass is 35.5. The van der Waals surface area contributed by atoms with E-state index in [0.717, 1.165) is 0 Å². The number of nitrogens with one attached hydrogen (secondary N) is 1. The van der Waals surface area contributed by atoms with Gasteiger partial charge in [-0.1, -0.05) is 11.6 Å². The van der Waals surface area contributed by atoms with E-state index < -0.39 is 12.0 Å². The van der Waals surface area contributed by atoms with Gasteiger partial charge in [0, 0.05) is 5.69 Å². The van der Waals surface area contributed by atoms with E-state index in [1.165, 1.54) is 19.2 Å². The second-order valence-electron chi connectivity index (χ2n) is 3.46. The molecule has 0 aliphatic heterocycles. The second-order valence-corrected chi connectivity index (χ2v) is 3.87. The summed E-state index contributed by atoms with van der Waals surface area (Å²) in [5.74, 6) is -0.855. The van der Waals surface area contributed by atoms with Crippen molar-refractivity contribution < 1.29 is 14.3 Å². The van der Waals surface area contributed by atoms with Gasteiger partial charge >= 0.3 is 5.97 Å². The van der Waals surface area contributed by atoms with Crippen LogP contribution in [-0.4, -0.2) is 25.0 Å². The van der Waals surface area contributed by atoms with Crippen LogP contribution < -0.4 is 11.1 Å². The second kappa shape index (κ2) is 5.65. The molecule has 0 aliphatic rings. The van der Waals surface area contributed by atoms with Gasteiger partial charge in [0.25, 0.3) is 0 Å². The molecule has 17 heavy (non-hydrogen) atoms. The average molecular weight is 257 g/mol. The molecule has 0 fully saturated rings. The lowest BCUT2D eigenvalue weighted by Gasteiger charge is -2.09. The smallest absolute Gasteiger partial charge is 0.339 e. The van der Waals surface area contributed by atoms with Crippen molar-refractivity contribution in [2.24, 2.45) is 5.73 Å². The zero-order valence-corrected chi connectivity index (χ0v) is 10.2. The summed E-state index contributed by atoms with van der Waals surface area (Å²) in [5, 5.41) is 2.77. The van der Waals surface area contributed by atoms with Crippen LogP contribution in [0, 0.1) is 0 Å². The first-order chi connectivity index (χ1) is 7.95. The predicted molar refractivity (Wildman–Crippen MR) is 65.1 cm³/mol. The van der Waals surface area contributed by atoms with Crippen LogP contribution in [0.3, 0.4) is 0 Å². The van der Waals surface area contributed by atoms with Gasteiger partial charge in [-0.15, -0.1) is 0 Å². The molecule has 0 aliphatic carbocycles. The summed E-state index contributed by atoms with van der Waals surface area (Å²) in [6.07, 6.45) is 0. The molecule has 92 valence electrons. The van der Waals surface area contributed by atoms with Crippen LogP contribution >= 0.6 is 11.6 Å². The van der Waals surface area contributed by atoms with Crippen LogP contribution in [0.4, 0.5) is 5.69 Å². The first-order valence-electron chi connectivity index (χ1n) is 4.90. The highest BCUT2D eigenvalue weighted by molar-refractivity contribution is 6.34. The summed E-state index contributed by atoms with van der Waals surface area (Å²) in [4.78, 5) is 22.6. The Morgan fingerprint density at radius 3 is 2.59 bits per heavy atom. The number of nitrogens with two attached hydrogens (primary N) is 1. The summed E-state index contributed by atoms with van der Waals surface area (Å²) < 4.78 is 4.55. The number of carbonyl (C=O) groups excluding carboxylic acids is 2. The van der Waals surface area contributed by atoms with Gasteiger partial charge in [0.1, 0.15) is 0 Å². The standard InChI is InChI=1S/C11H13ClN2O3/c1-6(13)10(15)14-7-3-4-8(9(12)5-7)11(16)17-2/h3-6H,13H2,1-2H3,(H,14,15)/t6-/m0/s1. The van der Waals surface area contributed by atoms with Crippen molar-refractivity contribution in [3.05, 3.63) is 28.8 Å². The zero-order valence-electron chi connectivity index (χ0n) is 9.49. The Bertz CT molecular complexity index is 446. The normalized spacial score (nSPS) is 11.8. The Hall–Kier alpha value is -1.59. The molecule has 0 heterocycles. The van der Waals surface area contributed by atoms with Gasteiger partial charge in [0.2, 0.25) is 5.91 Å². The van der Waals surface area contributed by atoms with Crippen molar-refractivity contribution in [3.8, 4) is 0 Å². The molecule has 0 spiro atoms. The fourth-order valence-corrected chi connectivity index (χ4v) is 1.38. The van der Waals surface area contributed by atoms with E-state index in [1.807, 2.05) is 0 Å². The van der Waals surface area contributed by atoms with Crippen LogP contribution in [0.25, 0.3) is 0 Å². The summed E-state index contributed by atoms with van der Waals surface area (Å²) in [6.45, 7) is 1.57. The third-order valence-corrected chi connectivity index (χ3v) is 2.37. The number of methoxy groups -OCH3 is 1.